The summed E-state index contributed by atoms with van der Waals surface area (Å²) in [5.74, 6) is 0.226. The fourth-order valence-corrected chi connectivity index (χ4v) is 2.38. The van der Waals surface area contributed by atoms with Gasteiger partial charge in [-0.1, -0.05) is 19.3 Å². The fraction of sp³-hybridized carbons (Fsp3) is 0.400. The molecule has 1 fully saturated rings. The Hall–Kier alpha value is -2.53. The normalized spacial score (nSPS) is 16.2. The van der Waals surface area contributed by atoms with Gasteiger partial charge in [0.05, 0.1) is 23.4 Å². The number of anilines is 1. The minimum Gasteiger partial charge on any atom is -0.369 e. The van der Waals surface area contributed by atoms with Gasteiger partial charge >= 0.3 is 0 Å². The SMILES string of the molecule is N#Cc1ccc(N(C#N)C(N)=NC2CCCCC2)cc1. The summed E-state index contributed by atoms with van der Waals surface area (Å²) < 4.78 is 0. The number of nitrogens with zero attached hydrogens (tertiary/aromatic N) is 4. The lowest BCUT2D eigenvalue weighted by molar-refractivity contribution is 0.443. The highest BCUT2D eigenvalue weighted by Gasteiger charge is 2.16. The topological polar surface area (TPSA) is 89.2 Å². The third-order valence-corrected chi connectivity index (χ3v) is 3.47. The molecule has 1 aliphatic rings. The lowest BCUT2D eigenvalue weighted by atomic mass is 9.96. The lowest BCUT2D eigenvalue weighted by Crippen LogP contribution is -2.35. The number of guanidine groups is 1. The van der Waals surface area contributed by atoms with Gasteiger partial charge in [0, 0.05) is 0 Å². The van der Waals surface area contributed by atoms with Crippen molar-refractivity contribution in [2.75, 3.05) is 4.90 Å². The highest BCUT2D eigenvalue weighted by molar-refractivity contribution is 5.97. The van der Waals surface area contributed by atoms with E-state index in [1.807, 2.05) is 12.3 Å². The molecule has 20 heavy (non-hydrogen) atoms. The van der Waals surface area contributed by atoms with Gasteiger partial charge in [-0.2, -0.15) is 10.5 Å². The summed E-state index contributed by atoms with van der Waals surface area (Å²) >= 11 is 0. The predicted molar refractivity (Wildman–Crippen MR) is 77.7 cm³/mol. The molecule has 5 heteroatoms. The second-order valence-corrected chi connectivity index (χ2v) is 4.87. The lowest BCUT2D eigenvalue weighted by Gasteiger charge is -2.21. The van der Waals surface area contributed by atoms with E-state index in [1.165, 1.54) is 24.2 Å². The molecule has 2 N–H and O–H groups in total. The highest BCUT2D eigenvalue weighted by atomic mass is 15.3. The molecule has 0 amide bonds. The zero-order valence-electron chi connectivity index (χ0n) is 11.3. The van der Waals surface area contributed by atoms with Gasteiger partial charge in [-0.15, -0.1) is 0 Å². The van der Waals surface area contributed by atoms with Crippen LogP contribution in [0.1, 0.15) is 37.7 Å². The first kappa shape index (κ1) is 13.9. The van der Waals surface area contributed by atoms with E-state index in [-0.39, 0.29) is 12.0 Å². The maximum absolute atomic E-state index is 9.26. The van der Waals surface area contributed by atoms with Gasteiger partial charge in [0.2, 0.25) is 5.96 Å². The summed E-state index contributed by atoms with van der Waals surface area (Å²) in [5.41, 5.74) is 7.13. The Morgan fingerprint density at radius 1 is 1.15 bits per heavy atom. The van der Waals surface area contributed by atoms with Gasteiger partial charge in [-0.25, -0.2) is 9.89 Å². The average molecular weight is 267 g/mol. The van der Waals surface area contributed by atoms with Crippen molar-refractivity contribution in [3.8, 4) is 12.3 Å². The summed E-state index contributed by atoms with van der Waals surface area (Å²) in [7, 11) is 0. The smallest absolute Gasteiger partial charge is 0.209 e. The average Bonchev–Trinajstić information content (AvgIpc) is 2.49. The number of benzene rings is 1. The number of hydrogen-bond acceptors (Lipinski definition) is 3. The molecular weight excluding hydrogens is 250 g/mol. The van der Waals surface area contributed by atoms with Crippen LogP contribution in [0.25, 0.3) is 0 Å². The van der Waals surface area contributed by atoms with Gasteiger partial charge in [0.25, 0.3) is 0 Å². The van der Waals surface area contributed by atoms with Crippen molar-refractivity contribution in [2.24, 2.45) is 10.7 Å². The number of hydrogen-bond donors (Lipinski definition) is 1. The van der Waals surface area contributed by atoms with Crippen LogP contribution in [-0.4, -0.2) is 12.0 Å². The molecular formula is C15H17N5. The van der Waals surface area contributed by atoms with Gasteiger partial charge in [-0.05, 0) is 37.1 Å². The highest BCUT2D eigenvalue weighted by Crippen LogP contribution is 2.21. The first-order valence-corrected chi connectivity index (χ1v) is 6.78. The Morgan fingerprint density at radius 2 is 1.80 bits per heavy atom. The molecule has 1 aliphatic carbocycles. The Balaban J connectivity index is 2.16. The molecule has 0 aliphatic heterocycles. The number of nitrogens with two attached hydrogens (primary N) is 1. The Morgan fingerprint density at radius 3 is 2.35 bits per heavy atom. The summed E-state index contributed by atoms with van der Waals surface area (Å²) in [6.07, 6.45) is 7.71. The molecule has 0 atom stereocenters. The summed E-state index contributed by atoms with van der Waals surface area (Å²) in [6.45, 7) is 0. The van der Waals surface area contributed by atoms with E-state index < -0.39 is 0 Å². The van der Waals surface area contributed by atoms with Gasteiger partial charge in [0.1, 0.15) is 0 Å². The molecule has 0 radical (unpaired) electrons. The van der Waals surface area contributed by atoms with Crippen molar-refractivity contribution in [1.29, 1.82) is 10.5 Å². The third-order valence-electron chi connectivity index (χ3n) is 3.47. The van der Waals surface area contributed by atoms with E-state index in [0.717, 1.165) is 12.8 Å². The second kappa shape index (κ2) is 6.58. The van der Waals surface area contributed by atoms with Crippen molar-refractivity contribution in [2.45, 2.75) is 38.1 Å². The zero-order chi connectivity index (χ0) is 14.4. The molecule has 0 heterocycles. The third kappa shape index (κ3) is 3.27. The summed E-state index contributed by atoms with van der Waals surface area (Å²) in [4.78, 5) is 5.76. The van der Waals surface area contributed by atoms with Crippen LogP contribution in [0, 0.1) is 22.8 Å². The maximum Gasteiger partial charge on any atom is 0.209 e. The predicted octanol–water partition coefficient (Wildman–Crippen LogP) is 2.49. The number of rotatable bonds is 2. The largest absolute Gasteiger partial charge is 0.369 e. The quantitative estimate of drug-likeness (QED) is 0.386. The van der Waals surface area contributed by atoms with Gasteiger partial charge in [0.15, 0.2) is 6.19 Å². The van der Waals surface area contributed by atoms with Crippen molar-refractivity contribution >= 4 is 11.6 Å². The molecule has 0 aromatic heterocycles. The first-order valence-electron chi connectivity index (χ1n) is 6.78. The second-order valence-electron chi connectivity index (χ2n) is 4.87. The monoisotopic (exact) mass is 267 g/mol. The van der Waals surface area contributed by atoms with Crippen LogP contribution in [-0.2, 0) is 0 Å². The van der Waals surface area contributed by atoms with Crippen molar-refractivity contribution in [3.63, 3.8) is 0 Å². The molecule has 0 bridgehead atoms. The van der Waals surface area contributed by atoms with E-state index in [9.17, 15) is 5.26 Å². The minimum atomic E-state index is 0.220. The Bertz CT molecular complexity index is 555. The van der Waals surface area contributed by atoms with E-state index >= 15 is 0 Å². The Kier molecular flexibility index (Phi) is 4.57. The van der Waals surface area contributed by atoms with Gasteiger partial charge in [-0.3, -0.25) is 0 Å². The van der Waals surface area contributed by atoms with Gasteiger partial charge < -0.3 is 5.73 Å². The molecule has 1 aromatic carbocycles. The fourth-order valence-electron chi connectivity index (χ4n) is 2.38. The van der Waals surface area contributed by atoms with Crippen molar-refractivity contribution in [1.82, 2.24) is 0 Å². The molecule has 0 saturated heterocycles. The van der Waals surface area contributed by atoms with Crippen LogP contribution in [0.5, 0.6) is 0 Å². The summed E-state index contributed by atoms with van der Waals surface area (Å²) in [6, 6.07) is 8.98. The van der Waals surface area contributed by atoms with E-state index in [4.69, 9.17) is 11.0 Å². The summed E-state index contributed by atoms with van der Waals surface area (Å²) in [5, 5.41) is 18.0. The van der Waals surface area contributed by atoms with Crippen LogP contribution < -0.4 is 10.6 Å². The molecule has 1 saturated carbocycles. The van der Waals surface area contributed by atoms with Crippen LogP contribution in [0.3, 0.4) is 0 Å². The molecule has 0 spiro atoms. The maximum atomic E-state index is 9.26. The van der Waals surface area contributed by atoms with Crippen LogP contribution in [0.4, 0.5) is 5.69 Å². The zero-order valence-corrected chi connectivity index (χ0v) is 11.3. The molecule has 0 unspecified atom stereocenters. The Labute approximate surface area is 118 Å². The van der Waals surface area contributed by atoms with E-state index in [2.05, 4.69) is 4.99 Å². The number of nitriles is 2. The van der Waals surface area contributed by atoms with E-state index in [0.29, 0.717) is 11.3 Å². The minimum absolute atomic E-state index is 0.220. The van der Waals surface area contributed by atoms with E-state index in [1.54, 1.807) is 24.3 Å². The van der Waals surface area contributed by atoms with Crippen LogP contribution in [0.2, 0.25) is 0 Å². The molecule has 102 valence electrons. The first-order chi connectivity index (χ1) is 9.74. The van der Waals surface area contributed by atoms with Crippen molar-refractivity contribution < 1.29 is 0 Å². The number of aliphatic imine (C=N–C) groups is 1. The molecule has 1 aromatic rings. The van der Waals surface area contributed by atoms with Crippen LogP contribution >= 0.6 is 0 Å². The van der Waals surface area contributed by atoms with Crippen molar-refractivity contribution in [3.05, 3.63) is 29.8 Å². The standard InChI is InChI=1S/C15H17N5/c16-10-12-6-8-14(9-7-12)20(11-17)15(18)19-13-4-2-1-3-5-13/h6-9,13H,1-5H2,(H2,18,19). The molecule has 5 nitrogen and oxygen atoms in total. The molecule has 2 rings (SSSR count). The van der Waals surface area contributed by atoms with Crippen LogP contribution in [0.15, 0.2) is 29.3 Å².